The second-order valence-corrected chi connectivity index (χ2v) is 4.87. The minimum Gasteiger partial charge on any atom is -0.464 e. The predicted octanol–water partition coefficient (Wildman–Crippen LogP) is 3.62. The van der Waals surface area contributed by atoms with Crippen molar-refractivity contribution >= 4 is 40.8 Å². The highest BCUT2D eigenvalue weighted by molar-refractivity contribution is 6.35. The summed E-state index contributed by atoms with van der Waals surface area (Å²) in [6, 6.07) is 6.52. The van der Waals surface area contributed by atoms with Crippen LogP contribution in [0.3, 0.4) is 0 Å². The van der Waals surface area contributed by atoms with Crippen LogP contribution in [0.4, 0.5) is 11.6 Å². The predicted molar refractivity (Wildman–Crippen MR) is 77.9 cm³/mol. The number of anilines is 2. The van der Waals surface area contributed by atoms with E-state index < -0.39 is 5.97 Å². The van der Waals surface area contributed by atoms with Crippen LogP contribution < -0.4 is 5.32 Å². The quantitative estimate of drug-likeness (QED) is 0.877. The molecule has 0 radical (unpaired) electrons. The smallest absolute Gasteiger partial charge is 0.356 e. The van der Waals surface area contributed by atoms with Crippen LogP contribution in [0.15, 0.2) is 24.3 Å². The van der Waals surface area contributed by atoms with Crippen molar-refractivity contribution in [1.29, 1.82) is 0 Å². The summed E-state index contributed by atoms with van der Waals surface area (Å²) < 4.78 is 4.64. The molecule has 2 rings (SSSR count). The first kappa shape index (κ1) is 14.6. The van der Waals surface area contributed by atoms with E-state index >= 15 is 0 Å². The third-order valence-electron chi connectivity index (χ3n) is 2.37. The number of nitrogens with one attached hydrogen (secondary N) is 1. The summed E-state index contributed by atoms with van der Waals surface area (Å²) in [5.41, 5.74) is 1.44. The number of hydrogen-bond donors (Lipinski definition) is 1. The molecule has 0 saturated heterocycles. The number of aromatic nitrogens is 2. The highest BCUT2D eigenvalue weighted by atomic mass is 35.5. The number of aryl methyl sites for hydroxylation is 1. The number of halogens is 2. The van der Waals surface area contributed by atoms with Crippen LogP contribution in [0.1, 0.15) is 16.2 Å². The van der Waals surface area contributed by atoms with Gasteiger partial charge >= 0.3 is 5.97 Å². The highest BCUT2D eigenvalue weighted by Gasteiger charge is 2.11. The highest BCUT2D eigenvalue weighted by Crippen LogP contribution is 2.24. The van der Waals surface area contributed by atoms with Gasteiger partial charge in [0.25, 0.3) is 0 Å². The molecule has 104 valence electrons. The standard InChI is InChI=1S/C13H11Cl2N3O2/c1-7-3-11(12(19)20-2)18-13(16-7)17-10-5-8(14)4-9(15)6-10/h3-6H,1-2H3,(H,16,17,18). The van der Waals surface area contributed by atoms with Crippen LogP contribution >= 0.6 is 23.2 Å². The number of ether oxygens (including phenoxy) is 1. The molecule has 7 heteroatoms. The Bertz CT molecular complexity index is 642. The molecule has 1 aromatic heterocycles. The molecular weight excluding hydrogens is 301 g/mol. The Morgan fingerprint density at radius 3 is 2.40 bits per heavy atom. The fourth-order valence-electron chi connectivity index (χ4n) is 1.59. The first-order valence-electron chi connectivity index (χ1n) is 5.65. The summed E-state index contributed by atoms with van der Waals surface area (Å²) >= 11 is 11.8. The van der Waals surface area contributed by atoms with Crippen LogP contribution in [-0.4, -0.2) is 23.0 Å². The van der Waals surface area contributed by atoms with E-state index in [1.54, 1.807) is 31.2 Å². The first-order chi connectivity index (χ1) is 9.47. The first-order valence-corrected chi connectivity index (χ1v) is 6.40. The average Bonchev–Trinajstić information content (AvgIpc) is 2.35. The molecule has 0 aliphatic rings. The number of rotatable bonds is 3. The lowest BCUT2D eigenvalue weighted by Crippen LogP contribution is -2.08. The van der Waals surface area contributed by atoms with Crippen molar-refractivity contribution in [2.45, 2.75) is 6.92 Å². The van der Waals surface area contributed by atoms with Crippen molar-refractivity contribution in [3.8, 4) is 0 Å². The number of hydrogen-bond acceptors (Lipinski definition) is 5. The van der Waals surface area contributed by atoms with Gasteiger partial charge in [-0.15, -0.1) is 0 Å². The van der Waals surface area contributed by atoms with E-state index in [4.69, 9.17) is 23.2 Å². The van der Waals surface area contributed by atoms with Crippen LogP contribution in [0.2, 0.25) is 10.0 Å². The molecule has 1 heterocycles. The summed E-state index contributed by atoms with van der Waals surface area (Å²) in [7, 11) is 1.30. The van der Waals surface area contributed by atoms with Gasteiger partial charge in [0.15, 0.2) is 5.69 Å². The van der Waals surface area contributed by atoms with Crippen LogP contribution in [0.5, 0.6) is 0 Å². The number of carbonyl (C=O) groups excluding carboxylic acids is 1. The van der Waals surface area contributed by atoms with Crippen molar-refractivity contribution < 1.29 is 9.53 Å². The fourth-order valence-corrected chi connectivity index (χ4v) is 2.11. The summed E-state index contributed by atoms with van der Waals surface area (Å²) in [6.45, 7) is 1.75. The van der Waals surface area contributed by atoms with Gasteiger partial charge in [0.1, 0.15) is 0 Å². The summed E-state index contributed by atoms with van der Waals surface area (Å²) in [4.78, 5) is 19.8. The molecule has 20 heavy (non-hydrogen) atoms. The van der Waals surface area contributed by atoms with Gasteiger partial charge in [-0.2, -0.15) is 0 Å². The lowest BCUT2D eigenvalue weighted by molar-refractivity contribution is 0.0594. The minimum atomic E-state index is -0.525. The third kappa shape index (κ3) is 3.59. The van der Waals surface area contributed by atoms with Crippen molar-refractivity contribution in [2.75, 3.05) is 12.4 Å². The molecular formula is C13H11Cl2N3O2. The molecule has 1 aromatic carbocycles. The molecule has 0 fully saturated rings. The second kappa shape index (κ2) is 6.07. The Morgan fingerprint density at radius 2 is 1.80 bits per heavy atom. The molecule has 5 nitrogen and oxygen atoms in total. The maximum absolute atomic E-state index is 11.5. The Labute approximate surface area is 125 Å². The summed E-state index contributed by atoms with van der Waals surface area (Å²) in [6.07, 6.45) is 0. The Morgan fingerprint density at radius 1 is 1.15 bits per heavy atom. The van der Waals surface area contributed by atoms with Gasteiger partial charge < -0.3 is 10.1 Å². The zero-order valence-electron chi connectivity index (χ0n) is 10.8. The minimum absolute atomic E-state index is 0.177. The van der Waals surface area contributed by atoms with Crippen molar-refractivity contribution in [2.24, 2.45) is 0 Å². The van der Waals surface area contributed by atoms with E-state index in [2.05, 4.69) is 20.0 Å². The number of methoxy groups -OCH3 is 1. The molecule has 0 saturated carbocycles. The summed E-state index contributed by atoms with van der Waals surface area (Å²) in [5, 5.41) is 3.92. The summed E-state index contributed by atoms with van der Waals surface area (Å²) in [5.74, 6) is -0.258. The van der Waals surface area contributed by atoms with Gasteiger partial charge in [-0.1, -0.05) is 23.2 Å². The maximum Gasteiger partial charge on any atom is 0.356 e. The van der Waals surface area contributed by atoms with Crippen LogP contribution in [0, 0.1) is 6.92 Å². The van der Waals surface area contributed by atoms with Crippen molar-refractivity contribution in [3.05, 3.63) is 45.7 Å². The Kier molecular flexibility index (Phi) is 4.42. The van der Waals surface area contributed by atoms with Gasteiger partial charge in [0.05, 0.1) is 7.11 Å². The zero-order chi connectivity index (χ0) is 14.7. The number of nitrogens with zero attached hydrogens (tertiary/aromatic N) is 2. The van der Waals surface area contributed by atoms with Gasteiger partial charge in [0, 0.05) is 21.4 Å². The zero-order valence-corrected chi connectivity index (χ0v) is 12.3. The third-order valence-corrected chi connectivity index (χ3v) is 2.80. The largest absolute Gasteiger partial charge is 0.464 e. The molecule has 0 bridgehead atoms. The lowest BCUT2D eigenvalue weighted by Gasteiger charge is -2.08. The van der Waals surface area contributed by atoms with E-state index in [0.717, 1.165) is 0 Å². The maximum atomic E-state index is 11.5. The number of esters is 1. The lowest BCUT2D eigenvalue weighted by atomic mass is 10.3. The molecule has 0 amide bonds. The molecule has 2 aromatic rings. The van der Waals surface area contributed by atoms with Crippen LogP contribution in [0.25, 0.3) is 0 Å². The van der Waals surface area contributed by atoms with E-state index in [1.807, 2.05) is 0 Å². The Hall–Kier alpha value is -1.85. The topological polar surface area (TPSA) is 64.1 Å². The SMILES string of the molecule is COC(=O)c1cc(C)nc(Nc2cc(Cl)cc(Cl)c2)n1. The molecule has 1 N–H and O–H groups in total. The van der Waals surface area contributed by atoms with Gasteiger partial charge in [-0.05, 0) is 31.2 Å². The van der Waals surface area contributed by atoms with Crippen molar-refractivity contribution in [1.82, 2.24) is 9.97 Å². The molecule has 0 unspecified atom stereocenters. The molecule has 0 spiro atoms. The number of carbonyl (C=O) groups is 1. The molecule has 0 aliphatic heterocycles. The van der Waals surface area contributed by atoms with Gasteiger partial charge in [-0.25, -0.2) is 14.8 Å². The Balaban J connectivity index is 2.33. The van der Waals surface area contributed by atoms with E-state index in [9.17, 15) is 4.79 Å². The van der Waals surface area contributed by atoms with Gasteiger partial charge in [0.2, 0.25) is 5.95 Å². The molecule has 0 aliphatic carbocycles. The van der Waals surface area contributed by atoms with Gasteiger partial charge in [-0.3, -0.25) is 0 Å². The van der Waals surface area contributed by atoms with E-state index in [1.165, 1.54) is 7.11 Å². The van der Waals surface area contributed by atoms with Crippen molar-refractivity contribution in [3.63, 3.8) is 0 Å². The molecule has 0 atom stereocenters. The van der Waals surface area contributed by atoms with E-state index in [0.29, 0.717) is 21.4 Å². The number of benzene rings is 1. The van der Waals surface area contributed by atoms with Crippen LogP contribution in [-0.2, 0) is 4.74 Å². The normalized spacial score (nSPS) is 10.2. The fraction of sp³-hybridized carbons (Fsp3) is 0.154. The second-order valence-electron chi connectivity index (χ2n) is 3.99. The average molecular weight is 312 g/mol. The monoisotopic (exact) mass is 311 g/mol. The van der Waals surface area contributed by atoms with E-state index in [-0.39, 0.29) is 11.6 Å².